The van der Waals surface area contributed by atoms with E-state index in [1.165, 1.54) is 31.2 Å². The lowest BCUT2D eigenvalue weighted by Crippen LogP contribution is -2.35. The Morgan fingerprint density at radius 2 is 1.59 bits per heavy atom. The molecule has 2 N–H and O–H groups in total. The highest BCUT2D eigenvalue weighted by atomic mass is 32.2. The van der Waals surface area contributed by atoms with Crippen LogP contribution in [0.3, 0.4) is 0 Å². The zero-order valence-corrected chi connectivity index (χ0v) is 15.8. The van der Waals surface area contributed by atoms with Gasteiger partial charge < -0.3 is 10.2 Å². The largest absolute Gasteiger partial charge is 0.326 e. The van der Waals surface area contributed by atoms with Crippen LogP contribution >= 0.6 is 0 Å². The Morgan fingerprint density at radius 3 is 2.19 bits per heavy atom. The molecule has 7 nitrogen and oxygen atoms in total. The van der Waals surface area contributed by atoms with Crippen LogP contribution < -0.4 is 14.9 Å². The molecule has 3 rings (SSSR count). The second-order valence-electron chi connectivity index (χ2n) is 6.36. The number of rotatable bonds is 5. The van der Waals surface area contributed by atoms with E-state index in [-0.39, 0.29) is 16.7 Å². The van der Waals surface area contributed by atoms with Crippen LogP contribution in [-0.2, 0) is 19.6 Å². The fraction of sp³-hybridized carbons (Fsp3) is 0.263. The van der Waals surface area contributed by atoms with Crippen LogP contribution in [0.25, 0.3) is 0 Å². The van der Waals surface area contributed by atoms with Crippen LogP contribution in [0.15, 0.2) is 53.4 Å². The highest BCUT2D eigenvalue weighted by molar-refractivity contribution is 7.92. The second-order valence-corrected chi connectivity index (χ2v) is 8.04. The number of sulfonamides is 1. The van der Waals surface area contributed by atoms with E-state index in [1.54, 1.807) is 29.2 Å². The van der Waals surface area contributed by atoms with Gasteiger partial charge in [0.05, 0.1) is 4.90 Å². The van der Waals surface area contributed by atoms with E-state index in [1.807, 2.05) is 0 Å². The SMILES string of the molecule is CC(=O)Nc1ccc(S(=O)(=O)Nc2ccc(N3CCCCC3=O)cc2)cc1. The number of piperidine rings is 1. The van der Waals surface area contributed by atoms with Gasteiger partial charge in [0.15, 0.2) is 0 Å². The Balaban J connectivity index is 1.72. The van der Waals surface area contributed by atoms with Crippen molar-refractivity contribution in [3.05, 3.63) is 48.5 Å². The molecule has 0 saturated carbocycles. The number of nitrogens with zero attached hydrogens (tertiary/aromatic N) is 1. The average Bonchev–Trinajstić information content (AvgIpc) is 2.63. The Labute approximate surface area is 158 Å². The molecule has 0 radical (unpaired) electrons. The highest BCUT2D eigenvalue weighted by Crippen LogP contribution is 2.24. The Kier molecular flexibility index (Phi) is 5.46. The van der Waals surface area contributed by atoms with Crippen LogP contribution in [0.4, 0.5) is 17.1 Å². The number of hydrogen-bond donors (Lipinski definition) is 2. The van der Waals surface area contributed by atoms with Crippen molar-refractivity contribution in [3.8, 4) is 0 Å². The molecule has 0 bridgehead atoms. The summed E-state index contributed by atoms with van der Waals surface area (Å²) in [5.74, 6) is -0.134. The zero-order valence-electron chi connectivity index (χ0n) is 14.9. The molecule has 0 atom stereocenters. The van der Waals surface area contributed by atoms with E-state index in [9.17, 15) is 18.0 Å². The van der Waals surface area contributed by atoms with Gasteiger partial charge in [-0.2, -0.15) is 0 Å². The van der Waals surface area contributed by atoms with Crippen molar-refractivity contribution < 1.29 is 18.0 Å². The van der Waals surface area contributed by atoms with Crippen LogP contribution in [0.1, 0.15) is 26.2 Å². The molecular formula is C19H21N3O4S. The summed E-state index contributed by atoms with van der Waals surface area (Å²) in [6, 6.07) is 12.7. The Bertz CT molecular complexity index is 938. The molecule has 1 fully saturated rings. The molecule has 1 aliphatic rings. The third-order valence-corrected chi connectivity index (χ3v) is 5.64. The van der Waals surface area contributed by atoms with E-state index >= 15 is 0 Å². The lowest BCUT2D eigenvalue weighted by atomic mass is 10.1. The normalized spacial score (nSPS) is 14.7. The molecule has 142 valence electrons. The average molecular weight is 387 g/mol. The number of benzene rings is 2. The van der Waals surface area contributed by atoms with Gasteiger partial charge in [-0.05, 0) is 61.4 Å². The first kappa shape index (κ1) is 18.9. The molecule has 0 aromatic heterocycles. The second kappa shape index (κ2) is 7.79. The molecule has 1 heterocycles. The molecule has 8 heteroatoms. The molecule has 2 amide bonds. The Hall–Kier alpha value is -2.87. The first-order valence-corrected chi connectivity index (χ1v) is 10.1. The molecule has 1 aliphatic heterocycles. The van der Waals surface area contributed by atoms with E-state index < -0.39 is 10.0 Å². The van der Waals surface area contributed by atoms with E-state index in [4.69, 9.17) is 0 Å². The number of carbonyl (C=O) groups is 2. The molecule has 0 aliphatic carbocycles. The number of amides is 2. The van der Waals surface area contributed by atoms with Gasteiger partial charge in [-0.1, -0.05) is 0 Å². The van der Waals surface area contributed by atoms with E-state index in [0.717, 1.165) is 18.5 Å². The summed E-state index contributed by atoms with van der Waals surface area (Å²) in [5.41, 5.74) is 1.70. The summed E-state index contributed by atoms with van der Waals surface area (Å²) in [5, 5.41) is 2.59. The first-order chi connectivity index (χ1) is 12.8. The number of nitrogens with one attached hydrogen (secondary N) is 2. The van der Waals surface area contributed by atoms with Crippen LogP contribution in [0.2, 0.25) is 0 Å². The van der Waals surface area contributed by atoms with Gasteiger partial charge in [0.1, 0.15) is 0 Å². The minimum atomic E-state index is -3.75. The molecule has 2 aromatic carbocycles. The van der Waals surface area contributed by atoms with Crippen LogP contribution in [0, 0.1) is 0 Å². The predicted molar refractivity (Wildman–Crippen MR) is 104 cm³/mol. The maximum Gasteiger partial charge on any atom is 0.261 e. The summed E-state index contributed by atoms with van der Waals surface area (Å²) in [4.78, 5) is 24.8. The maximum absolute atomic E-state index is 12.5. The van der Waals surface area contributed by atoms with Crippen molar-refractivity contribution in [3.63, 3.8) is 0 Å². The summed E-state index contributed by atoms with van der Waals surface area (Å²) >= 11 is 0. The van der Waals surface area contributed by atoms with Gasteiger partial charge in [-0.25, -0.2) is 8.42 Å². The van der Waals surface area contributed by atoms with Crippen LogP contribution in [-0.4, -0.2) is 26.8 Å². The van der Waals surface area contributed by atoms with E-state index in [2.05, 4.69) is 10.0 Å². The van der Waals surface area contributed by atoms with Crippen molar-refractivity contribution in [2.24, 2.45) is 0 Å². The van der Waals surface area contributed by atoms with Gasteiger partial charge in [0.25, 0.3) is 10.0 Å². The standard InChI is InChI=1S/C19H21N3O4S/c1-14(23)20-15-7-11-18(12-8-15)27(25,26)21-16-5-9-17(10-6-16)22-13-3-2-4-19(22)24/h5-12,21H,2-4,13H2,1H3,(H,20,23). The lowest BCUT2D eigenvalue weighted by molar-refractivity contribution is -0.119. The summed E-state index contributed by atoms with van der Waals surface area (Å²) in [6.45, 7) is 2.07. The quantitative estimate of drug-likeness (QED) is 0.824. The van der Waals surface area contributed by atoms with Crippen molar-refractivity contribution in [2.45, 2.75) is 31.1 Å². The fourth-order valence-electron chi connectivity index (χ4n) is 2.92. The van der Waals surface area contributed by atoms with Crippen molar-refractivity contribution in [2.75, 3.05) is 21.5 Å². The first-order valence-electron chi connectivity index (χ1n) is 8.66. The monoisotopic (exact) mass is 387 g/mol. The molecule has 27 heavy (non-hydrogen) atoms. The van der Waals surface area contributed by atoms with Gasteiger partial charge in [0.2, 0.25) is 11.8 Å². The van der Waals surface area contributed by atoms with Crippen LogP contribution in [0.5, 0.6) is 0 Å². The highest BCUT2D eigenvalue weighted by Gasteiger charge is 2.20. The molecular weight excluding hydrogens is 366 g/mol. The molecule has 1 saturated heterocycles. The van der Waals surface area contributed by atoms with Gasteiger partial charge >= 0.3 is 0 Å². The maximum atomic E-state index is 12.5. The summed E-state index contributed by atoms with van der Waals surface area (Å²) in [6.07, 6.45) is 2.42. The van der Waals surface area contributed by atoms with Crippen molar-refractivity contribution >= 4 is 38.9 Å². The third kappa shape index (κ3) is 4.65. The molecule has 0 spiro atoms. The number of anilines is 3. The summed E-state index contributed by atoms with van der Waals surface area (Å²) < 4.78 is 27.5. The molecule has 2 aromatic rings. The zero-order chi connectivity index (χ0) is 19.4. The fourth-order valence-corrected chi connectivity index (χ4v) is 3.98. The van der Waals surface area contributed by atoms with Gasteiger partial charge in [-0.3, -0.25) is 14.3 Å². The smallest absolute Gasteiger partial charge is 0.261 e. The van der Waals surface area contributed by atoms with E-state index in [0.29, 0.717) is 24.3 Å². The van der Waals surface area contributed by atoms with Gasteiger partial charge in [0, 0.05) is 37.0 Å². The Morgan fingerprint density at radius 1 is 0.963 bits per heavy atom. The predicted octanol–water partition coefficient (Wildman–Crippen LogP) is 2.96. The van der Waals surface area contributed by atoms with Crippen molar-refractivity contribution in [1.29, 1.82) is 0 Å². The lowest BCUT2D eigenvalue weighted by Gasteiger charge is -2.26. The minimum Gasteiger partial charge on any atom is -0.326 e. The minimum absolute atomic E-state index is 0.0897. The van der Waals surface area contributed by atoms with Crippen molar-refractivity contribution in [1.82, 2.24) is 0 Å². The summed E-state index contributed by atoms with van der Waals surface area (Å²) in [7, 11) is -3.75. The number of carbonyl (C=O) groups excluding carboxylic acids is 2. The topological polar surface area (TPSA) is 95.6 Å². The third-order valence-electron chi connectivity index (χ3n) is 4.24. The number of hydrogen-bond acceptors (Lipinski definition) is 4. The van der Waals surface area contributed by atoms with Gasteiger partial charge in [-0.15, -0.1) is 0 Å². The molecule has 0 unspecified atom stereocenters.